The van der Waals surface area contributed by atoms with Gasteiger partial charge in [0.1, 0.15) is 0 Å². The van der Waals surface area contributed by atoms with E-state index in [9.17, 15) is 0 Å². The highest BCUT2D eigenvalue weighted by atomic mass is 32.2. The third kappa shape index (κ3) is 3.09. The van der Waals surface area contributed by atoms with E-state index in [1.165, 1.54) is 17.3 Å². The lowest BCUT2D eigenvalue weighted by molar-refractivity contribution is -0.110. The Morgan fingerprint density at radius 3 is 2.55 bits per heavy atom. The van der Waals surface area contributed by atoms with Crippen LogP contribution >= 0.6 is 11.8 Å². The summed E-state index contributed by atoms with van der Waals surface area (Å²) in [5, 5.41) is 5.72. The smallest absolute Gasteiger partial charge is 0.282 e. The van der Waals surface area contributed by atoms with Gasteiger partial charge in [0, 0.05) is 5.75 Å². The van der Waals surface area contributed by atoms with Crippen LogP contribution in [-0.2, 0) is 5.75 Å². The summed E-state index contributed by atoms with van der Waals surface area (Å²) < 4.78 is 0. The minimum absolute atomic E-state index is 0.425. The molecule has 0 amide bonds. The molecule has 2 nitrogen and oxygen atoms in total. The van der Waals surface area contributed by atoms with E-state index in [1.54, 1.807) is 0 Å². The first-order chi connectivity index (χ1) is 5.29. The van der Waals surface area contributed by atoms with Crippen LogP contribution < -0.4 is 11.1 Å². The van der Waals surface area contributed by atoms with Gasteiger partial charge in [0.25, 0.3) is 5.17 Å². The molecule has 4 N–H and O–H groups in total. The Morgan fingerprint density at radius 2 is 2.00 bits per heavy atom. The van der Waals surface area contributed by atoms with E-state index in [2.05, 4.69) is 12.1 Å². The largest absolute Gasteiger partial charge is 0.300 e. The van der Waals surface area contributed by atoms with Crippen molar-refractivity contribution in [1.29, 1.82) is 0 Å². The number of hydrogen-bond donors (Lipinski definition) is 2. The number of rotatable bonds is 2. The van der Waals surface area contributed by atoms with E-state index in [0.717, 1.165) is 5.75 Å². The molecule has 1 rings (SSSR count). The molecule has 0 radical (unpaired) electrons. The van der Waals surface area contributed by atoms with Gasteiger partial charge in [-0.3, -0.25) is 11.1 Å². The fourth-order valence-electron chi connectivity index (χ4n) is 0.741. The molecule has 0 saturated heterocycles. The summed E-state index contributed by atoms with van der Waals surface area (Å²) in [7, 11) is 0. The molecular formula is C8H11N2S+. The van der Waals surface area contributed by atoms with Gasteiger partial charge in [-0.05, 0) is 17.3 Å². The van der Waals surface area contributed by atoms with Crippen molar-refractivity contribution in [2.75, 3.05) is 0 Å². The molecule has 0 unspecified atom stereocenters. The Bertz CT molecular complexity index is 233. The lowest BCUT2D eigenvalue weighted by atomic mass is 10.2. The van der Waals surface area contributed by atoms with E-state index >= 15 is 0 Å². The molecule has 0 heterocycles. The van der Waals surface area contributed by atoms with Gasteiger partial charge in [-0.15, -0.1) is 0 Å². The second kappa shape index (κ2) is 4.03. The maximum Gasteiger partial charge on any atom is 0.300 e. The molecule has 0 aliphatic rings. The van der Waals surface area contributed by atoms with Crippen LogP contribution in [0.3, 0.4) is 0 Å². The fraction of sp³-hybridized carbons (Fsp3) is 0.125. The van der Waals surface area contributed by atoms with Gasteiger partial charge in [0.05, 0.1) is 0 Å². The van der Waals surface area contributed by atoms with Gasteiger partial charge in [0.15, 0.2) is 0 Å². The van der Waals surface area contributed by atoms with Gasteiger partial charge in [-0.25, -0.2) is 0 Å². The maximum atomic E-state index is 5.30. The molecule has 0 fully saturated rings. The molecule has 0 atom stereocenters. The summed E-state index contributed by atoms with van der Waals surface area (Å²) in [6, 6.07) is 10.1. The van der Waals surface area contributed by atoms with Crippen molar-refractivity contribution in [3.63, 3.8) is 0 Å². The van der Waals surface area contributed by atoms with E-state index in [-0.39, 0.29) is 0 Å². The Morgan fingerprint density at radius 1 is 1.36 bits per heavy atom. The number of nitrogens with two attached hydrogens (primary N) is 2. The summed E-state index contributed by atoms with van der Waals surface area (Å²) in [6.07, 6.45) is 0. The predicted octanol–water partition coefficient (Wildman–Crippen LogP) is -0.00640. The lowest BCUT2D eigenvalue weighted by Gasteiger charge is -1.94. The number of amidine groups is 1. The highest BCUT2D eigenvalue weighted by molar-refractivity contribution is 8.12. The molecule has 0 aliphatic heterocycles. The van der Waals surface area contributed by atoms with E-state index < -0.39 is 0 Å². The van der Waals surface area contributed by atoms with Crippen LogP contribution in [0.25, 0.3) is 0 Å². The molecule has 0 spiro atoms. The standard InChI is InChI=1S/C8H10N2S/c9-8(10)11-6-7-4-2-1-3-5-7/h1-5H,6H2,(H3,9,10)/p+1. The lowest BCUT2D eigenvalue weighted by Crippen LogP contribution is -2.43. The summed E-state index contributed by atoms with van der Waals surface area (Å²) >= 11 is 1.46. The second-order valence-corrected chi connectivity index (χ2v) is 3.23. The zero-order valence-electron chi connectivity index (χ0n) is 6.16. The third-order valence-corrected chi connectivity index (χ3v) is 2.06. The molecule has 3 heteroatoms. The van der Waals surface area contributed by atoms with Gasteiger partial charge in [-0.2, -0.15) is 0 Å². The van der Waals surface area contributed by atoms with Crippen LogP contribution in [0, 0.1) is 0 Å². The van der Waals surface area contributed by atoms with Crippen LogP contribution in [-0.4, -0.2) is 5.17 Å². The van der Waals surface area contributed by atoms with Gasteiger partial charge in [0.2, 0.25) is 0 Å². The van der Waals surface area contributed by atoms with Crippen LogP contribution in [0.2, 0.25) is 0 Å². The molecular weight excluding hydrogens is 156 g/mol. The van der Waals surface area contributed by atoms with Crippen molar-refractivity contribution in [2.24, 2.45) is 5.73 Å². The fourth-order valence-corrected chi connectivity index (χ4v) is 1.27. The van der Waals surface area contributed by atoms with Crippen molar-refractivity contribution in [1.82, 2.24) is 0 Å². The minimum Gasteiger partial charge on any atom is -0.282 e. The molecule has 1 aromatic carbocycles. The van der Waals surface area contributed by atoms with Crippen molar-refractivity contribution in [3.05, 3.63) is 35.9 Å². The average molecular weight is 167 g/mol. The molecule has 1 aromatic rings. The molecule has 0 saturated carbocycles. The maximum absolute atomic E-state index is 5.30. The number of thioether (sulfide) groups is 1. The van der Waals surface area contributed by atoms with Crippen LogP contribution in [0.5, 0.6) is 0 Å². The van der Waals surface area contributed by atoms with E-state index in [1.807, 2.05) is 18.2 Å². The third-order valence-electron chi connectivity index (χ3n) is 1.25. The Hall–Kier alpha value is -0.960. The van der Waals surface area contributed by atoms with Gasteiger partial charge in [-0.1, -0.05) is 30.3 Å². The SMILES string of the molecule is NC(=[NH2+])SCc1ccccc1. The molecule has 58 valence electrons. The van der Waals surface area contributed by atoms with Crippen LogP contribution in [0.1, 0.15) is 5.56 Å². The Kier molecular flexibility index (Phi) is 2.98. The average Bonchev–Trinajstić information content (AvgIpc) is 2.03. The van der Waals surface area contributed by atoms with E-state index in [4.69, 9.17) is 11.1 Å². The Balaban J connectivity index is 2.45. The van der Waals surface area contributed by atoms with Gasteiger partial charge >= 0.3 is 0 Å². The molecule has 0 bridgehead atoms. The van der Waals surface area contributed by atoms with Crippen molar-refractivity contribution < 1.29 is 5.41 Å². The van der Waals surface area contributed by atoms with Crippen molar-refractivity contribution >= 4 is 16.9 Å². The van der Waals surface area contributed by atoms with Crippen LogP contribution in [0.15, 0.2) is 30.3 Å². The summed E-state index contributed by atoms with van der Waals surface area (Å²) in [5.41, 5.74) is 6.54. The second-order valence-electron chi connectivity index (χ2n) is 2.18. The number of hydrogen-bond acceptors (Lipinski definition) is 1. The van der Waals surface area contributed by atoms with E-state index in [0.29, 0.717) is 5.17 Å². The topological polar surface area (TPSA) is 51.6 Å². The zero-order chi connectivity index (χ0) is 8.10. The molecule has 11 heavy (non-hydrogen) atoms. The first-order valence-electron chi connectivity index (χ1n) is 3.33. The first-order valence-corrected chi connectivity index (χ1v) is 4.32. The summed E-state index contributed by atoms with van der Waals surface area (Å²) in [5.74, 6) is 0.850. The quantitative estimate of drug-likeness (QED) is 0.481. The highest BCUT2D eigenvalue weighted by Crippen LogP contribution is 2.08. The minimum atomic E-state index is 0.425. The monoisotopic (exact) mass is 167 g/mol. The van der Waals surface area contributed by atoms with Crippen molar-refractivity contribution in [2.45, 2.75) is 5.75 Å². The normalized spacial score (nSPS) is 9.45. The molecule has 0 aromatic heterocycles. The summed E-state index contributed by atoms with van der Waals surface area (Å²) in [4.78, 5) is 0. The molecule has 0 aliphatic carbocycles. The zero-order valence-corrected chi connectivity index (χ0v) is 6.97. The number of benzene rings is 1. The predicted molar refractivity (Wildman–Crippen MR) is 48.9 cm³/mol. The highest BCUT2D eigenvalue weighted by Gasteiger charge is 1.96. The van der Waals surface area contributed by atoms with Crippen LogP contribution in [0.4, 0.5) is 0 Å². The summed E-state index contributed by atoms with van der Waals surface area (Å²) in [6.45, 7) is 0. The van der Waals surface area contributed by atoms with Gasteiger partial charge < -0.3 is 0 Å². The first kappa shape index (κ1) is 8.14. The van der Waals surface area contributed by atoms with Crippen molar-refractivity contribution in [3.8, 4) is 0 Å². The Labute approximate surface area is 70.3 Å².